The van der Waals surface area contributed by atoms with Crippen molar-refractivity contribution in [2.24, 2.45) is 0 Å². The van der Waals surface area contributed by atoms with Gasteiger partial charge >= 0.3 is 5.97 Å². The van der Waals surface area contributed by atoms with Crippen molar-refractivity contribution in [3.05, 3.63) is 63.7 Å². The molecule has 162 valence electrons. The van der Waals surface area contributed by atoms with Crippen LogP contribution < -0.4 is 15.5 Å². The molecule has 0 atom stereocenters. The Kier molecular flexibility index (Phi) is 6.91. The highest BCUT2D eigenvalue weighted by atomic mass is 32.2. The first-order chi connectivity index (χ1) is 14.6. The molecule has 3 aromatic rings. The molecule has 0 aliphatic heterocycles. The van der Waals surface area contributed by atoms with E-state index in [1.807, 2.05) is 12.1 Å². The molecule has 1 aromatic carbocycles. The van der Waals surface area contributed by atoms with E-state index in [1.54, 1.807) is 12.1 Å². The van der Waals surface area contributed by atoms with Crippen molar-refractivity contribution in [2.75, 3.05) is 5.32 Å². The molecule has 0 unspecified atom stereocenters. The normalized spacial score (nSPS) is 11.2. The highest BCUT2D eigenvalue weighted by Crippen LogP contribution is 2.28. The summed E-state index contributed by atoms with van der Waals surface area (Å²) in [5, 5.41) is 10.7. The molecule has 0 spiro atoms. The summed E-state index contributed by atoms with van der Waals surface area (Å²) < 4.78 is 11.2. The van der Waals surface area contributed by atoms with Crippen LogP contribution in [0.2, 0.25) is 0 Å². The minimum Gasteiger partial charge on any atom is -0.464 e. The van der Waals surface area contributed by atoms with Gasteiger partial charge in [-0.05, 0) is 23.1 Å². The third kappa shape index (κ3) is 6.25. The van der Waals surface area contributed by atoms with Crippen LogP contribution in [0.1, 0.15) is 49.4 Å². The fourth-order valence-electron chi connectivity index (χ4n) is 2.46. The lowest BCUT2D eigenvalue weighted by molar-refractivity contribution is -0.114. The van der Waals surface area contributed by atoms with Crippen LogP contribution in [-0.4, -0.2) is 22.1 Å². The monoisotopic (exact) mass is 459 g/mol. The van der Waals surface area contributed by atoms with E-state index in [0.29, 0.717) is 26.5 Å². The Hall–Kier alpha value is -2.98. The smallest absolute Gasteiger partial charge is 0.343 e. The van der Waals surface area contributed by atoms with Crippen molar-refractivity contribution in [3.8, 4) is 5.75 Å². The molecular formula is C21H21N3O5S2. The van der Waals surface area contributed by atoms with E-state index in [9.17, 15) is 14.4 Å². The highest BCUT2D eigenvalue weighted by Gasteiger charge is 2.16. The summed E-state index contributed by atoms with van der Waals surface area (Å²) in [5.74, 6) is -0.321. The topological polar surface area (TPSA) is 111 Å². The predicted octanol–water partition coefficient (Wildman–Crippen LogP) is 4.26. The average molecular weight is 460 g/mol. The Balaban J connectivity index is 1.61. The van der Waals surface area contributed by atoms with Crippen molar-refractivity contribution >= 4 is 40.1 Å². The van der Waals surface area contributed by atoms with Gasteiger partial charge in [0.15, 0.2) is 4.34 Å². The molecule has 1 amide bonds. The molecule has 0 aliphatic carbocycles. The number of hydrogen-bond acceptors (Lipinski definition) is 9. The van der Waals surface area contributed by atoms with Crippen LogP contribution in [-0.2, 0) is 16.0 Å². The molecule has 0 aliphatic rings. The van der Waals surface area contributed by atoms with Gasteiger partial charge in [-0.15, -0.1) is 10.2 Å². The van der Waals surface area contributed by atoms with Crippen molar-refractivity contribution in [1.29, 1.82) is 0 Å². The third-order valence-corrected chi connectivity index (χ3v) is 6.06. The maximum Gasteiger partial charge on any atom is 0.343 e. The molecule has 3 rings (SSSR count). The number of amides is 1. The van der Waals surface area contributed by atoms with E-state index in [0.717, 1.165) is 11.8 Å². The van der Waals surface area contributed by atoms with Gasteiger partial charge in [-0.2, -0.15) is 0 Å². The SMILES string of the molecule is CC(=O)Nc1nnc(SCc2cc(=O)c(OC(=O)c3ccc(C(C)(C)C)cc3)co2)s1. The largest absolute Gasteiger partial charge is 0.464 e. The second-order valence-electron chi connectivity index (χ2n) is 7.63. The Morgan fingerprint density at radius 1 is 1.19 bits per heavy atom. The van der Waals surface area contributed by atoms with E-state index in [1.165, 1.54) is 36.1 Å². The quantitative estimate of drug-likeness (QED) is 0.331. The molecule has 8 nitrogen and oxygen atoms in total. The van der Waals surface area contributed by atoms with Gasteiger partial charge in [0.25, 0.3) is 0 Å². The Bertz CT molecular complexity index is 1150. The van der Waals surface area contributed by atoms with Crippen LogP contribution >= 0.6 is 23.1 Å². The van der Waals surface area contributed by atoms with Crippen molar-refractivity contribution in [2.45, 2.75) is 43.2 Å². The summed E-state index contributed by atoms with van der Waals surface area (Å²) in [6.07, 6.45) is 1.13. The van der Waals surface area contributed by atoms with Gasteiger partial charge in [0.1, 0.15) is 12.0 Å². The summed E-state index contributed by atoms with van der Waals surface area (Å²) in [7, 11) is 0. The number of thioether (sulfide) groups is 1. The Morgan fingerprint density at radius 2 is 1.90 bits per heavy atom. The molecule has 1 N–H and O–H groups in total. The van der Waals surface area contributed by atoms with Crippen LogP contribution in [0.4, 0.5) is 5.13 Å². The summed E-state index contributed by atoms with van der Waals surface area (Å²) in [6.45, 7) is 7.63. The van der Waals surface area contributed by atoms with Gasteiger partial charge in [0.05, 0.1) is 11.3 Å². The van der Waals surface area contributed by atoms with Crippen molar-refractivity contribution in [3.63, 3.8) is 0 Å². The number of carbonyl (C=O) groups excluding carboxylic acids is 2. The van der Waals surface area contributed by atoms with Crippen LogP contribution in [0.3, 0.4) is 0 Å². The number of nitrogens with zero attached hydrogens (tertiary/aromatic N) is 2. The minimum atomic E-state index is -0.630. The van der Waals surface area contributed by atoms with Gasteiger partial charge < -0.3 is 14.5 Å². The standard InChI is InChI=1S/C21H21N3O5S2/c1-12(25)22-19-23-24-20(31-19)30-11-15-9-16(26)17(10-28-15)29-18(27)13-5-7-14(8-6-13)21(2,3)4/h5-10H,11H2,1-4H3,(H,22,23,25). The summed E-state index contributed by atoms with van der Waals surface area (Å²) in [6, 6.07) is 8.35. The molecule has 31 heavy (non-hydrogen) atoms. The van der Waals surface area contributed by atoms with Crippen LogP contribution in [0.15, 0.2) is 50.1 Å². The maximum atomic E-state index is 12.4. The lowest BCUT2D eigenvalue weighted by Crippen LogP contribution is -2.16. The molecule has 10 heteroatoms. The average Bonchev–Trinajstić information content (AvgIpc) is 3.14. The zero-order chi connectivity index (χ0) is 22.6. The number of nitrogens with one attached hydrogen (secondary N) is 1. The fourth-order valence-corrected chi connectivity index (χ4v) is 4.14. The lowest BCUT2D eigenvalue weighted by atomic mass is 9.87. The second-order valence-corrected chi connectivity index (χ2v) is 9.83. The number of anilines is 1. The Morgan fingerprint density at radius 3 is 2.52 bits per heavy atom. The molecular weight excluding hydrogens is 438 g/mol. The minimum absolute atomic E-state index is 0.0302. The van der Waals surface area contributed by atoms with E-state index in [4.69, 9.17) is 9.15 Å². The Labute approximate surface area is 187 Å². The number of esters is 1. The third-order valence-electron chi connectivity index (χ3n) is 4.07. The van der Waals surface area contributed by atoms with Gasteiger partial charge in [0, 0.05) is 13.0 Å². The second kappa shape index (κ2) is 9.44. The molecule has 2 heterocycles. The summed E-state index contributed by atoms with van der Waals surface area (Å²) in [4.78, 5) is 35.7. The summed E-state index contributed by atoms with van der Waals surface area (Å²) in [5.41, 5.74) is 0.943. The molecule has 0 saturated carbocycles. The van der Waals surface area contributed by atoms with Crippen LogP contribution in [0.5, 0.6) is 5.75 Å². The van der Waals surface area contributed by atoms with E-state index in [2.05, 4.69) is 36.3 Å². The fraction of sp³-hybridized carbons (Fsp3) is 0.286. The van der Waals surface area contributed by atoms with Crippen LogP contribution in [0, 0.1) is 0 Å². The van der Waals surface area contributed by atoms with Gasteiger partial charge in [0.2, 0.25) is 22.2 Å². The summed E-state index contributed by atoms with van der Waals surface area (Å²) >= 11 is 2.52. The van der Waals surface area contributed by atoms with E-state index in [-0.39, 0.29) is 17.1 Å². The highest BCUT2D eigenvalue weighted by molar-refractivity contribution is 8.00. The first kappa shape index (κ1) is 22.7. The molecule has 2 aromatic heterocycles. The van der Waals surface area contributed by atoms with E-state index >= 15 is 0 Å². The lowest BCUT2D eigenvalue weighted by Gasteiger charge is -2.18. The van der Waals surface area contributed by atoms with Crippen molar-refractivity contribution in [1.82, 2.24) is 10.2 Å². The predicted molar refractivity (Wildman–Crippen MR) is 119 cm³/mol. The zero-order valence-corrected chi connectivity index (χ0v) is 19.1. The first-order valence-corrected chi connectivity index (χ1v) is 11.1. The van der Waals surface area contributed by atoms with Gasteiger partial charge in [-0.1, -0.05) is 56.0 Å². The number of benzene rings is 1. The maximum absolute atomic E-state index is 12.4. The molecule has 0 saturated heterocycles. The number of aromatic nitrogens is 2. The molecule has 0 fully saturated rings. The zero-order valence-electron chi connectivity index (χ0n) is 17.4. The van der Waals surface area contributed by atoms with Crippen LogP contribution in [0.25, 0.3) is 0 Å². The van der Waals surface area contributed by atoms with Gasteiger partial charge in [-0.3, -0.25) is 9.59 Å². The molecule has 0 bridgehead atoms. The number of ether oxygens (including phenoxy) is 1. The number of rotatable bonds is 6. The van der Waals surface area contributed by atoms with Crippen molar-refractivity contribution < 1.29 is 18.7 Å². The number of hydrogen-bond donors (Lipinski definition) is 1. The molecule has 0 radical (unpaired) electrons. The number of carbonyl (C=O) groups is 2. The first-order valence-electron chi connectivity index (χ1n) is 9.30. The van der Waals surface area contributed by atoms with E-state index < -0.39 is 11.4 Å². The van der Waals surface area contributed by atoms with Gasteiger partial charge in [-0.25, -0.2) is 4.79 Å².